The van der Waals surface area contributed by atoms with Gasteiger partial charge in [0.2, 0.25) is 5.91 Å². The van der Waals surface area contributed by atoms with E-state index in [1.165, 1.54) is 0 Å². The van der Waals surface area contributed by atoms with Crippen LogP contribution < -0.4 is 5.73 Å². The number of hydrogen-bond acceptors (Lipinski definition) is 6. The molecule has 0 aromatic carbocycles. The molecule has 30 heavy (non-hydrogen) atoms. The fourth-order valence-electron chi connectivity index (χ4n) is 3.30. The van der Waals surface area contributed by atoms with Crippen molar-refractivity contribution in [1.82, 2.24) is 35.1 Å². The number of rotatable bonds is 4. The first-order chi connectivity index (χ1) is 14.4. The van der Waals surface area contributed by atoms with Gasteiger partial charge >= 0.3 is 0 Å². The second kappa shape index (κ2) is 6.45. The number of H-pyrrole nitrogens is 2. The van der Waals surface area contributed by atoms with E-state index in [0.29, 0.717) is 11.5 Å². The van der Waals surface area contributed by atoms with Crippen LogP contribution in [0.1, 0.15) is 19.4 Å². The minimum absolute atomic E-state index is 0.411. The van der Waals surface area contributed by atoms with Crippen LogP contribution in [0.3, 0.4) is 0 Å². The summed E-state index contributed by atoms with van der Waals surface area (Å²) < 4.78 is 0. The van der Waals surface area contributed by atoms with Crippen LogP contribution in [0.5, 0.6) is 0 Å². The number of nitrogens with two attached hydrogens (primary N) is 1. The molecule has 0 saturated carbocycles. The van der Waals surface area contributed by atoms with Crippen molar-refractivity contribution >= 4 is 28.0 Å². The van der Waals surface area contributed by atoms with Gasteiger partial charge in [-0.05, 0) is 37.6 Å². The van der Waals surface area contributed by atoms with Gasteiger partial charge in [0.15, 0.2) is 11.5 Å². The molecule has 0 spiro atoms. The molecule has 5 aromatic heterocycles. The number of amides is 1. The van der Waals surface area contributed by atoms with Crippen molar-refractivity contribution in [3.63, 3.8) is 0 Å². The zero-order chi connectivity index (χ0) is 20.9. The minimum Gasteiger partial charge on any atom is -0.369 e. The highest BCUT2D eigenvalue weighted by Gasteiger charge is 2.28. The van der Waals surface area contributed by atoms with Gasteiger partial charge in [-0.2, -0.15) is 5.10 Å². The third kappa shape index (κ3) is 2.79. The summed E-state index contributed by atoms with van der Waals surface area (Å²) >= 11 is 0. The Kier molecular flexibility index (Phi) is 3.85. The molecule has 0 radical (unpaired) electrons. The largest absolute Gasteiger partial charge is 0.369 e. The lowest BCUT2D eigenvalue weighted by atomic mass is 9.84. The molecule has 0 aliphatic rings. The van der Waals surface area contributed by atoms with Gasteiger partial charge in [0.05, 0.1) is 28.0 Å². The van der Waals surface area contributed by atoms with Gasteiger partial charge in [-0.1, -0.05) is 0 Å². The third-order valence-corrected chi connectivity index (χ3v) is 5.34. The van der Waals surface area contributed by atoms with E-state index in [9.17, 15) is 4.79 Å². The van der Waals surface area contributed by atoms with Crippen molar-refractivity contribution in [3.8, 4) is 22.6 Å². The molecule has 5 aromatic rings. The Balaban J connectivity index is 1.62. The van der Waals surface area contributed by atoms with E-state index in [4.69, 9.17) is 5.73 Å². The quantitative estimate of drug-likeness (QED) is 0.425. The van der Waals surface area contributed by atoms with Crippen LogP contribution in [-0.2, 0) is 10.2 Å². The van der Waals surface area contributed by atoms with Crippen molar-refractivity contribution in [2.45, 2.75) is 19.3 Å². The van der Waals surface area contributed by atoms with E-state index in [0.717, 1.165) is 38.8 Å². The van der Waals surface area contributed by atoms with Crippen LogP contribution in [0, 0.1) is 0 Å². The van der Waals surface area contributed by atoms with Crippen LogP contribution in [0.4, 0.5) is 0 Å². The molecule has 148 valence electrons. The molecule has 9 heteroatoms. The first-order valence-corrected chi connectivity index (χ1v) is 9.33. The maximum Gasteiger partial charge on any atom is 0.227 e. The molecule has 5 rings (SSSR count). The Bertz CT molecular complexity index is 1380. The Labute approximate surface area is 170 Å². The molecule has 9 nitrogen and oxygen atoms in total. The summed E-state index contributed by atoms with van der Waals surface area (Å²) in [5, 5.41) is 8.13. The predicted molar refractivity (Wildman–Crippen MR) is 112 cm³/mol. The second-order valence-corrected chi connectivity index (χ2v) is 7.62. The zero-order valence-corrected chi connectivity index (χ0v) is 16.3. The topological polar surface area (TPSA) is 139 Å². The normalized spacial score (nSPS) is 11.9. The lowest BCUT2D eigenvalue weighted by Gasteiger charge is -2.21. The lowest BCUT2D eigenvalue weighted by Crippen LogP contribution is -2.35. The number of carbonyl (C=O) groups excluding carboxylic acids is 1. The molecule has 0 atom stereocenters. The van der Waals surface area contributed by atoms with Gasteiger partial charge in [0.1, 0.15) is 5.69 Å². The summed E-state index contributed by atoms with van der Waals surface area (Å²) in [6.45, 7) is 3.56. The molecule has 0 saturated heterocycles. The summed E-state index contributed by atoms with van der Waals surface area (Å²) in [7, 11) is 0. The number of primary amides is 1. The molecule has 1 amide bonds. The number of hydrogen-bond donors (Lipinski definition) is 3. The minimum atomic E-state index is -0.830. The van der Waals surface area contributed by atoms with E-state index in [1.807, 2.05) is 18.2 Å². The maximum absolute atomic E-state index is 11.8. The van der Waals surface area contributed by atoms with Crippen molar-refractivity contribution in [1.29, 1.82) is 0 Å². The molecule has 0 aliphatic carbocycles. The lowest BCUT2D eigenvalue weighted by molar-refractivity contribution is -0.122. The Hall–Kier alpha value is -4.14. The molecule has 0 unspecified atom stereocenters. The van der Waals surface area contributed by atoms with Gasteiger partial charge in [-0.25, -0.2) is 9.97 Å². The molecule has 0 fully saturated rings. The van der Waals surface area contributed by atoms with E-state index in [2.05, 4.69) is 35.1 Å². The molecule has 0 aliphatic heterocycles. The SMILES string of the molecule is CC(C)(C(N)=O)c1cncc(-c2cnc3n[nH]c(-c4nc5ccncc5[nH]4)c3c2)c1. The zero-order valence-electron chi connectivity index (χ0n) is 16.3. The van der Waals surface area contributed by atoms with Crippen molar-refractivity contribution in [2.24, 2.45) is 5.73 Å². The van der Waals surface area contributed by atoms with Crippen LogP contribution in [0.15, 0.2) is 49.2 Å². The third-order valence-electron chi connectivity index (χ3n) is 5.34. The Morgan fingerprint density at radius 1 is 1.07 bits per heavy atom. The second-order valence-electron chi connectivity index (χ2n) is 7.62. The molecular weight excluding hydrogens is 380 g/mol. The number of carbonyl (C=O) groups is 1. The standard InChI is InChI=1S/C21H18N8O/c1-21(2,20(22)30)13-5-11(7-24-9-13)12-6-14-17(28-29-18(14)25-8-12)19-26-15-3-4-23-10-16(15)27-19/h3-10H,1-2H3,(H2,22,30)(H,26,27)(H,25,28,29). The number of nitrogens with one attached hydrogen (secondary N) is 2. The molecular formula is C21H18N8O. The van der Waals surface area contributed by atoms with Crippen LogP contribution in [-0.4, -0.2) is 41.0 Å². The first-order valence-electron chi connectivity index (χ1n) is 9.33. The van der Waals surface area contributed by atoms with Gasteiger partial charge in [-0.15, -0.1) is 0 Å². The average Bonchev–Trinajstić information content (AvgIpc) is 3.37. The summed E-state index contributed by atoms with van der Waals surface area (Å²) in [4.78, 5) is 32.6. The van der Waals surface area contributed by atoms with Gasteiger partial charge in [-0.3, -0.25) is 19.9 Å². The average molecular weight is 398 g/mol. The summed E-state index contributed by atoms with van der Waals surface area (Å²) in [6, 6.07) is 5.73. The number of pyridine rings is 3. The summed E-state index contributed by atoms with van der Waals surface area (Å²) in [5.41, 5.74) is 10.1. The number of aromatic nitrogens is 7. The number of nitrogens with zero attached hydrogens (tertiary/aromatic N) is 5. The molecule has 0 bridgehead atoms. The van der Waals surface area contributed by atoms with Crippen molar-refractivity contribution in [2.75, 3.05) is 0 Å². The Morgan fingerprint density at radius 3 is 2.70 bits per heavy atom. The van der Waals surface area contributed by atoms with Crippen LogP contribution in [0.25, 0.3) is 44.7 Å². The molecule has 5 heterocycles. The van der Waals surface area contributed by atoms with Crippen molar-refractivity contribution in [3.05, 3.63) is 54.7 Å². The van der Waals surface area contributed by atoms with E-state index in [1.54, 1.807) is 44.8 Å². The van der Waals surface area contributed by atoms with Crippen LogP contribution in [0.2, 0.25) is 0 Å². The van der Waals surface area contributed by atoms with Gasteiger partial charge < -0.3 is 10.7 Å². The highest BCUT2D eigenvalue weighted by atomic mass is 16.1. The smallest absolute Gasteiger partial charge is 0.227 e. The number of aromatic amines is 2. The van der Waals surface area contributed by atoms with E-state index >= 15 is 0 Å². The fourth-order valence-corrected chi connectivity index (χ4v) is 3.30. The van der Waals surface area contributed by atoms with Crippen LogP contribution >= 0.6 is 0 Å². The van der Waals surface area contributed by atoms with Gasteiger partial charge in [0.25, 0.3) is 0 Å². The maximum atomic E-state index is 11.8. The number of imidazole rings is 1. The monoisotopic (exact) mass is 398 g/mol. The van der Waals surface area contributed by atoms with Gasteiger partial charge in [0, 0.05) is 35.9 Å². The molecule has 4 N–H and O–H groups in total. The fraction of sp³-hybridized carbons (Fsp3) is 0.143. The summed E-state index contributed by atoms with van der Waals surface area (Å²) in [6.07, 6.45) is 8.55. The Morgan fingerprint density at radius 2 is 1.90 bits per heavy atom. The summed E-state index contributed by atoms with van der Waals surface area (Å²) in [5.74, 6) is 0.243. The highest BCUT2D eigenvalue weighted by Crippen LogP contribution is 2.31. The number of fused-ring (bicyclic) bond motifs is 2. The van der Waals surface area contributed by atoms with E-state index in [-0.39, 0.29) is 0 Å². The highest BCUT2D eigenvalue weighted by molar-refractivity contribution is 5.93. The van der Waals surface area contributed by atoms with E-state index < -0.39 is 11.3 Å². The van der Waals surface area contributed by atoms with Crippen molar-refractivity contribution < 1.29 is 4.79 Å². The predicted octanol–water partition coefficient (Wildman–Crippen LogP) is 2.72. The first kappa shape index (κ1) is 17.9.